The Kier molecular flexibility index (Phi) is 6.82. The van der Waals surface area contributed by atoms with E-state index in [2.05, 4.69) is 19.5 Å². The first kappa shape index (κ1) is 20.5. The molecule has 0 saturated heterocycles. The van der Waals surface area contributed by atoms with Crippen LogP contribution in [0.15, 0.2) is 29.8 Å². The smallest absolute Gasteiger partial charge is 0.342 e. The number of rotatable bonds is 9. The monoisotopic (exact) mass is 402 g/mol. The van der Waals surface area contributed by atoms with Crippen molar-refractivity contribution in [3.63, 3.8) is 0 Å². The van der Waals surface area contributed by atoms with Gasteiger partial charge in [0.1, 0.15) is 23.2 Å². The lowest BCUT2D eigenvalue weighted by Crippen LogP contribution is -2.12. The van der Waals surface area contributed by atoms with Crippen LogP contribution in [0.3, 0.4) is 0 Å². The van der Waals surface area contributed by atoms with Gasteiger partial charge in [0.15, 0.2) is 5.82 Å². The second kappa shape index (κ2) is 9.31. The van der Waals surface area contributed by atoms with Crippen molar-refractivity contribution in [2.45, 2.75) is 50.9 Å². The van der Waals surface area contributed by atoms with Crippen molar-refractivity contribution in [3.05, 3.63) is 36.0 Å². The molecule has 0 radical (unpaired) electrons. The zero-order chi connectivity index (χ0) is 20.1. The molecule has 2 atom stereocenters. The number of anilines is 1. The van der Waals surface area contributed by atoms with Crippen LogP contribution in [0.4, 0.5) is 5.82 Å². The van der Waals surface area contributed by atoms with Crippen LogP contribution < -0.4 is 5.73 Å². The van der Waals surface area contributed by atoms with Gasteiger partial charge in [-0.3, -0.25) is 0 Å². The Balaban J connectivity index is 1.66. The van der Waals surface area contributed by atoms with E-state index in [1.165, 1.54) is 0 Å². The molecule has 0 aliphatic heterocycles. The Hall–Kier alpha value is -2.23. The van der Waals surface area contributed by atoms with E-state index >= 15 is 0 Å². The Labute approximate surface area is 167 Å². The van der Waals surface area contributed by atoms with Gasteiger partial charge in [0.05, 0.1) is 5.52 Å². The summed E-state index contributed by atoms with van der Waals surface area (Å²) in [7, 11) is 1.67. The Bertz CT molecular complexity index is 918. The van der Waals surface area contributed by atoms with Crippen molar-refractivity contribution in [1.82, 2.24) is 24.5 Å². The molecule has 0 spiro atoms. The lowest BCUT2D eigenvalue weighted by atomic mass is 10.2. The molecule has 3 aromatic heterocycles. The molecule has 3 aromatic rings. The van der Waals surface area contributed by atoms with Crippen molar-refractivity contribution in [3.8, 4) is 0 Å². The van der Waals surface area contributed by atoms with Gasteiger partial charge in [0.25, 0.3) is 0 Å². The maximum atomic E-state index is 12.2. The van der Waals surface area contributed by atoms with Crippen molar-refractivity contribution in [2.75, 3.05) is 18.6 Å². The first-order valence-corrected chi connectivity index (χ1v) is 10.6. The number of unbranched alkanes of at least 4 members (excludes halogenated alkanes) is 2. The molecule has 8 nitrogen and oxygen atoms in total. The summed E-state index contributed by atoms with van der Waals surface area (Å²) in [6.45, 7) is 4.77. The highest BCUT2D eigenvalue weighted by molar-refractivity contribution is 7.91. The van der Waals surface area contributed by atoms with E-state index in [0.717, 1.165) is 48.2 Å². The van der Waals surface area contributed by atoms with Gasteiger partial charge in [0, 0.05) is 43.4 Å². The summed E-state index contributed by atoms with van der Waals surface area (Å²) in [6.07, 6.45) is 7.59. The van der Waals surface area contributed by atoms with E-state index in [9.17, 15) is 4.55 Å². The molecule has 0 amide bonds. The number of aryl methyl sites for hydroxylation is 2. The highest BCUT2D eigenvalue weighted by Gasteiger charge is 2.20. The van der Waals surface area contributed by atoms with E-state index in [1.54, 1.807) is 31.8 Å². The molecule has 150 valence electrons. The molecule has 28 heavy (non-hydrogen) atoms. The van der Waals surface area contributed by atoms with E-state index < -0.39 is 11.2 Å². The number of imidazole rings is 1. The second-order valence-corrected chi connectivity index (χ2v) is 8.13. The van der Waals surface area contributed by atoms with Gasteiger partial charge >= 0.3 is 5.16 Å². The SMILES string of the molecule is COC(C)c1nc2c(N)ncc(C)c2n1CCCCC[S+]([O-])c1ncccn1. The van der Waals surface area contributed by atoms with Gasteiger partial charge in [-0.15, -0.1) is 0 Å². The standard InChI is InChI=1S/C19H26N6O2S/c1-13-12-23-17(20)15-16(13)25(18(24-15)14(2)27-3)10-5-4-6-11-28(26)19-21-8-7-9-22-19/h7-9,12,14H,4-6,10-11H2,1-3H3,(H2,20,23). The van der Waals surface area contributed by atoms with Crippen molar-refractivity contribution < 1.29 is 9.29 Å². The molecule has 0 aromatic carbocycles. The lowest BCUT2D eigenvalue weighted by Gasteiger charge is -2.14. The van der Waals surface area contributed by atoms with Crippen LogP contribution in [-0.4, -0.2) is 41.9 Å². The van der Waals surface area contributed by atoms with Crippen LogP contribution in [0, 0.1) is 6.92 Å². The van der Waals surface area contributed by atoms with Gasteiger partial charge in [-0.1, -0.05) is 0 Å². The maximum absolute atomic E-state index is 12.2. The zero-order valence-electron chi connectivity index (χ0n) is 16.5. The number of fused-ring (bicyclic) bond motifs is 1. The Morgan fingerprint density at radius 2 is 1.96 bits per heavy atom. The summed E-state index contributed by atoms with van der Waals surface area (Å²) >= 11 is -1.15. The third kappa shape index (κ3) is 4.43. The van der Waals surface area contributed by atoms with E-state index in [1.807, 2.05) is 13.8 Å². The highest BCUT2D eigenvalue weighted by atomic mass is 32.2. The molecule has 0 saturated carbocycles. The van der Waals surface area contributed by atoms with Gasteiger partial charge in [0.2, 0.25) is 0 Å². The quantitative estimate of drug-likeness (QED) is 0.332. The summed E-state index contributed by atoms with van der Waals surface area (Å²) in [5, 5.41) is 0.401. The number of methoxy groups -OCH3 is 1. The number of ether oxygens (including phenoxy) is 1. The molecule has 0 fully saturated rings. The fourth-order valence-electron chi connectivity index (χ4n) is 3.15. The predicted octanol–water partition coefficient (Wildman–Crippen LogP) is 2.80. The topological polar surface area (TPSA) is 115 Å². The normalized spacial score (nSPS) is 13.7. The van der Waals surface area contributed by atoms with Crippen LogP contribution in [0.1, 0.15) is 43.7 Å². The minimum absolute atomic E-state index is 0.145. The summed E-state index contributed by atoms with van der Waals surface area (Å²) < 4.78 is 19.9. The molecule has 0 bridgehead atoms. The van der Waals surface area contributed by atoms with Gasteiger partial charge in [-0.2, -0.15) is 9.97 Å². The fourth-order valence-corrected chi connectivity index (χ4v) is 4.16. The highest BCUT2D eigenvalue weighted by Crippen LogP contribution is 2.28. The van der Waals surface area contributed by atoms with Gasteiger partial charge in [-0.25, -0.2) is 9.97 Å². The van der Waals surface area contributed by atoms with Crippen LogP contribution in [0.25, 0.3) is 11.0 Å². The largest absolute Gasteiger partial charge is 0.609 e. The van der Waals surface area contributed by atoms with Crippen LogP contribution in [-0.2, 0) is 22.5 Å². The number of nitrogen functional groups attached to an aromatic ring is 1. The summed E-state index contributed by atoms with van der Waals surface area (Å²) in [6, 6.07) is 1.72. The van der Waals surface area contributed by atoms with Gasteiger partial charge in [-0.05, 0) is 44.7 Å². The Morgan fingerprint density at radius 3 is 2.68 bits per heavy atom. The van der Waals surface area contributed by atoms with Crippen LogP contribution in [0.2, 0.25) is 0 Å². The molecule has 0 aliphatic rings. The number of hydrogen-bond donors (Lipinski definition) is 1. The fraction of sp³-hybridized carbons (Fsp3) is 0.474. The molecule has 3 heterocycles. The first-order valence-electron chi connectivity index (χ1n) is 9.32. The molecule has 3 rings (SSSR count). The van der Waals surface area contributed by atoms with Crippen molar-refractivity contribution >= 4 is 28.0 Å². The molecule has 0 aliphatic carbocycles. The van der Waals surface area contributed by atoms with Crippen molar-refractivity contribution in [2.24, 2.45) is 0 Å². The van der Waals surface area contributed by atoms with Crippen LogP contribution in [0.5, 0.6) is 0 Å². The second-order valence-electron chi connectivity index (χ2n) is 6.66. The average molecular weight is 403 g/mol. The molecular formula is C19H26N6O2S. The molecule has 2 unspecified atom stereocenters. The minimum Gasteiger partial charge on any atom is -0.609 e. The number of nitrogens with zero attached hydrogens (tertiary/aromatic N) is 5. The molecule has 2 N–H and O–H groups in total. The Morgan fingerprint density at radius 1 is 1.21 bits per heavy atom. The van der Waals surface area contributed by atoms with E-state index in [-0.39, 0.29) is 6.10 Å². The third-order valence-electron chi connectivity index (χ3n) is 4.68. The summed E-state index contributed by atoms with van der Waals surface area (Å²) in [4.78, 5) is 17.0. The molecule has 9 heteroatoms. The van der Waals surface area contributed by atoms with E-state index in [0.29, 0.717) is 16.7 Å². The number of pyridine rings is 1. The predicted molar refractivity (Wildman–Crippen MR) is 109 cm³/mol. The van der Waals surface area contributed by atoms with Crippen molar-refractivity contribution in [1.29, 1.82) is 0 Å². The van der Waals surface area contributed by atoms with E-state index in [4.69, 9.17) is 15.5 Å². The number of aromatic nitrogens is 5. The third-order valence-corrected chi connectivity index (χ3v) is 5.96. The average Bonchev–Trinajstić information content (AvgIpc) is 3.11. The van der Waals surface area contributed by atoms with Gasteiger partial charge < -0.3 is 19.6 Å². The molecular weight excluding hydrogens is 376 g/mol. The number of hydrogen-bond acceptors (Lipinski definition) is 7. The van der Waals surface area contributed by atoms with Crippen LogP contribution >= 0.6 is 0 Å². The number of nitrogens with two attached hydrogens (primary N) is 1. The lowest BCUT2D eigenvalue weighted by molar-refractivity contribution is 0.109. The maximum Gasteiger partial charge on any atom is 0.342 e. The first-order chi connectivity index (χ1) is 13.5. The summed E-state index contributed by atoms with van der Waals surface area (Å²) in [5.41, 5.74) is 8.81. The summed E-state index contributed by atoms with van der Waals surface area (Å²) in [5.74, 6) is 1.84. The minimum atomic E-state index is -1.15. The zero-order valence-corrected chi connectivity index (χ0v) is 17.3.